The van der Waals surface area contributed by atoms with E-state index in [0.717, 1.165) is 17.3 Å². The molecule has 0 bridgehead atoms. The molecule has 18 heavy (non-hydrogen) atoms. The smallest absolute Gasteiger partial charge is 0.147 e. The van der Waals surface area contributed by atoms with Crippen LogP contribution in [0.15, 0.2) is 28.7 Å². The van der Waals surface area contributed by atoms with Gasteiger partial charge in [-0.15, -0.1) is 0 Å². The van der Waals surface area contributed by atoms with Crippen molar-refractivity contribution >= 4 is 25.8 Å². The van der Waals surface area contributed by atoms with Gasteiger partial charge in [0.15, 0.2) is 0 Å². The first kappa shape index (κ1) is 15.7. The van der Waals surface area contributed by atoms with Crippen molar-refractivity contribution in [1.82, 2.24) is 5.32 Å². The molecule has 0 saturated carbocycles. The van der Waals surface area contributed by atoms with Crippen molar-refractivity contribution in [2.75, 3.05) is 19.1 Å². The maximum atomic E-state index is 11.1. The van der Waals surface area contributed by atoms with Gasteiger partial charge in [-0.3, -0.25) is 0 Å². The molecule has 102 valence electrons. The van der Waals surface area contributed by atoms with Crippen LogP contribution < -0.4 is 5.32 Å². The van der Waals surface area contributed by atoms with Crippen molar-refractivity contribution in [3.63, 3.8) is 0 Å². The quantitative estimate of drug-likeness (QED) is 0.833. The van der Waals surface area contributed by atoms with Crippen LogP contribution >= 0.6 is 15.9 Å². The summed E-state index contributed by atoms with van der Waals surface area (Å²) in [6, 6.07) is 8.56. The summed E-state index contributed by atoms with van der Waals surface area (Å²) in [6.07, 6.45) is 3.80. The average Bonchev–Trinajstić information content (AvgIpc) is 2.29. The molecule has 1 rings (SSSR count). The molecule has 0 radical (unpaired) electrons. The largest absolute Gasteiger partial charge is 0.317 e. The average molecular weight is 334 g/mol. The maximum absolute atomic E-state index is 11.1. The van der Waals surface area contributed by atoms with Crippen molar-refractivity contribution < 1.29 is 8.42 Å². The highest BCUT2D eigenvalue weighted by atomic mass is 79.9. The zero-order valence-electron chi connectivity index (χ0n) is 10.8. The van der Waals surface area contributed by atoms with Gasteiger partial charge in [0, 0.05) is 22.5 Å². The molecule has 0 amide bonds. The molecule has 0 aliphatic heterocycles. The molecule has 5 heteroatoms. The summed E-state index contributed by atoms with van der Waals surface area (Å²) in [5.41, 5.74) is 1.26. The van der Waals surface area contributed by atoms with Crippen molar-refractivity contribution in [2.45, 2.75) is 25.3 Å². The van der Waals surface area contributed by atoms with Gasteiger partial charge in [0.05, 0.1) is 0 Å². The highest BCUT2D eigenvalue weighted by Gasteiger charge is 2.09. The van der Waals surface area contributed by atoms with Crippen LogP contribution in [0.2, 0.25) is 0 Å². The fourth-order valence-corrected chi connectivity index (χ4v) is 2.80. The number of halogens is 1. The minimum absolute atomic E-state index is 0.269. The molecule has 1 aromatic carbocycles. The van der Waals surface area contributed by atoms with Crippen LogP contribution in [0.25, 0.3) is 0 Å². The Morgan fingerprint density at radius 1 is 1.28 bits per heavy atom. The molecule has 1 unspecified atom stereocenters. The van der Waals surface area contributed by atoms with Crippen LogP contribution in [-0.2, 0) is 16.3 Å². The Bertz CT molecular complexity index is 456. The van der Waals surface area contributed by atoms with E-state index < -0.39 is 9.84 Å². The Balaban J connectivity index is 2.44. The number of benzene rings is 1. The number of sulfone groups is 1. The fourth-order valence-electron chi connectivity index (χ4n) is 1.85. The maximum Gasteiger partial charge on any atom is 0.147 e. The molecule has 0 aliphatic rings. The second-order valence-corrected chi connectivity index (χ2v) is 7.76. The van der Waals surface area contributed by atoms with Crippen LogP contribution in [0.5, 0.6) is 0 Å². The molecule has 1 N–H and O–H groups in total. The summed E-state index contributed by atoms with van der Waals surface area (Å²) >= 11 is 3.41. The van der Waals surface area contributed by atoms with Crippen LogP contribution in [0.1, 0.15) is 18.4 Å². The zero-order chi connectivity index (χ0) is 13.6. The molecule has 0 aromatic heterocycles. The molecule has 0 saturated heterocycles. The fraction of sp³-hybridized carbons (Fsp3) is 0.538. The van der Waals surface area contributed by atoms with Gasteiger partial charge in [0.25, 0.3) is 0 Å². The second-order valence-electron chi connectivity index (χ2n) is 4.59. The Kier molecular flexibility index (Phi) is 6.32. The summed E-state index contributed by atoms with van der Waals surface area (Å²) in [5, 5.41) is 3.24. The van der Waals surface area contributed by atoms with Crippen LogP contribution in [0.3, 0.4) is 0 Å². The van der Waals surface area contributed by atoms with Crippen molar-refractivity contribution in [1.29, 1.82) is 0 Å². The molecule has 0 spiro atoms. The lowest BCUT2D eigenvalue weighted by atomic mass is 10.0. The number of nitrogens with one attached hydrogen (secondary N) is 1. The van der Waals surface area contributed by atoms with E-state index in [9.17, 15) is 8.42 Å². The lowest BCUT2D eigenvalue weighted by Gasteiger charge is -2.16. The van der Waals surface area contributed by atoms with E-state index in [1.165, 1.54) is 11.8 Å². The lowest BCUT2D eigenvalue weighted by Crippen LogP contribution is -2.28. The van der Waals surface area contributed by atoms with E-state index in [2.05, 4.69) is 33.4 Å². The van der Waals surface area contributed by atoms with Gasteiger partial charge in [0.2, 0.25) is 0 Å². The van der Waals surface area contributed by atoms with Gasteiger partial charge >= 0.3 is 0 Å². The van der Waals surface area contributed by atoms with Gasteiger partial charge in [-0.1, -0.05) is 28.1 Å². The first-order chi connectivity index (χ1) is 8.40. The minimum Gasteiger partial charge on any atom is -0.317 e. The summed E-state index contributed by atoms with van der Waals surface area (Å²) in [4.78, 5) is 0. The van der Waals surface area contributed by atoms with E-state index in [4.69, 9.17) is 0 Å². The molecule has 1 aromatic rings. The van der Waals surface area contributed by atoms with Crippen molar-refractivity contribution in [3.05, 3.63) is 34.3 Å². The topological polar surface area (TPSA) is 46.2 Å². The molecular weight excluding hydrogens is 314 g/mol. The third-order valence-electron chi connectivity index (χ3n) is 2.87. The van der Waals surface area contributed by atoms with Crippen LogP contribution in [0, 0.1) is 0 Å². The minimum atomic E-state index is -2.84. The first-order valence-electron chi connectivity index (χ1n) is 6.00. The third-order valence-corrected chi connectivity index (χ3v) is 4.43. The monoisotopic (exact) mass is 333 g/mol. The van der Waals surface area contributed by atoms with E-state index in [0.29, 0.717) is 12.5 Å². The van der Waals surface area contributed by atoms with Gasteiger partial charge in [0.1, 0.15) is 9.84 Å². The van der Waals surface area contributed by atoms with Crippen LogP contribution in [-0.4, -0.2) is 33.5 Å². The molecule has 3 nitrogen and oxygen atoms in total. The number of hydrogen-bond donors (Lipinski definition) is 1. The van der Waals surface area contributed by atoms with Crippen molar-refractivity contribution in [3.8, 4) is 0 Å². The number of hydrogen-bond acceptors (Lipinski definition) is 3. The van der Waals surface area contributed by atoms with Gasteiger partial charge in [-0.2, -0.15) is 0 Å². The molecule has 0 heterocycles. The van der Waals surface area contributed by atoms with Crippen LogP contribution in [0.4, 0.5) is 0 Å². The van der Waals surface area contributed by atoms with Gasteiger partial charge in [-0.25, -0.2) is 8.42 Å². The number of rotatable bonds is 7. The predicted molar refractivity (Wildman–Crippen MR) is 79.6 cm³/mol. The third kappa shape index (κ3) is 6.52. The highest BCUT2D eigenvalue weighted by Crippen LogP contribution is 2.13. The Morgan fingerprint density at radius 3 is 2.39 bits per heavy atom. The summed E-state index contributed by atoms with van der Waals surface area (Å²) in [6.45, 7) is 0. The molecular formula is C13H20BrNO2S. The van der Waals surface area contributed by atoms with E-state index >= 15 is 0 Å². The van der Waals surface area contributed by atoms with E-state index in [-0.39, 0.29) is 5.75 Å². The summed E-state index contributed by atoms with van der Waals surface area (Å²) in [7, 11) is -0.920. The Hall–Kier alpha value is -0.390. The van der Waals surface area contributed by atoms with E-state index in [1.807, 2.05) is 19.2 Å². The summed E-state index contributed by atoms with van der Waals surface area (Å²) < 4.78 is 23.2. The lowest BCUT2D eigenvalue weighted by molar-refractivity contribution is 0.511. The van der Waals surface area contributed by atoms with Crippen molar-refractivity contribution in [2.24, 2.45) is 0 Å². The first-order valence-corrected chi connectivity index (χ1v) is 8.85. The van der Waals surface area contributed by atoms with Gasteiger partial charge in [-0.05, 0) is 44.0 Å². The normalized spacial score (nSPS) is 13.5. The Morgan fingerprint density at radius 2 is 1.89 bits per heavy atom. The SMILES string of the molecule is CNC(CCCS(C)(=O)=O)Cc1ccc(Br)cc1. The van der Waals surface area contributed by atoms with Gasteiger partial charge < -0.3 is 5.32 Å². The summed E-state index contributed by atoms with van der Waals surface area (Å²) in [5.74, 6) is 0.269. The highest BCUT2D eigenvalue weighted by molar-refractivity contribution is 9.10. The number of likely N-dealkylation sites (N-methyl/N-ethyl adjacent to an activating group) is 1. The molecule has 1 atom stereocenters. The second kappa shape index (κ2) is 7.26. The molecule has 0 aliphatic carbocycles. The molecule has 0 fully saturated rings. The Labute approximate surface area is 118 Å². The predicted octanol–water partition coefficient (Wildman–Crippen LogP) is 2.40. The zero-order valence-corrected chi connectivity index (χ0v) is 13.2. The van der Waals surface area contributed by atoms with E-state index in [1.54, 1.807) is 0 Å². The standard InChI is InChI=1S/C13H20BrNO2S/c1-15-13(4-3-9-18(2,16)17)10-11-5-7-12(14)8-6-11/h5-8,13,15H,3-4,9-10H2,1-2H3.